The minimum Gasteiger partial charge on any atom is -0.299 e. The molecule has 4 nitrogen and oxygen atoms in total. The molecular formula is C13H8FN3O. The first-order valence-corrected chi connectivity index (χ1v) is 5.32. The average Bonchev–Trinajstić information content (AvgIpc) is 2.74. The zero-order chi connectivity index (χ0) is 12.9. The van der Waals surface area contributed by atoms with Crippen LogP contribution in [0.3, 0.4) is 0 Å². The van der Waals surface area contributed by atoms with Crippen molar-refractivity contribution in [3.05, 3.63) is 52.2 Å². The van der Waals surface area contributed by atoms with Crippen molar-refractivity contribution in [2.75, 3.05) is 0 Å². The third-order valence-electron chi connectivity index (χ3n) is 3.05. The molecule has 88 valence electrons. The molecule has 18 heavy (non-hydrogen) atoms. The highest BCUT2D eigenvalue weighted by Crippen LogP contribution is 2.20. The van der Waals surface area contributed by atoms with Gasteiger partial charge in [0.25, 0.3) is 5.56 Å². The second-order valence-corrected chi connectivity index (χ2v) is 4.10. The van der Waals surface area contributed by atoms with Gasteiger partial charge >= 0.3 is 0 Å². The van der Waals surface area contributed by atoms with Crippen molar-refractivity contribution in [3.63, 3.8) is 0 Å². The third-order valence-corrected chi connectivity index (χ3v) is 3.05. The second kappa shape index (κ2) is 3.44. The van der Waals surface area contributed by atoms with Crippen LogP contribution in [-0.4, -0.2) is 8.97 Å². The first kappa shape index (κ1) is 10.5. The summed E-state index contributed by atoms with van der Waals surface area (Å²) >= 11 is 0. The van der Waals surface area contributed by atoms with E-state index >= 15 is 0 Å². The molecular weight excluding hydrogens is 233 g/mol. The third kappa shape index (κ3) is 1.26. The standard InChI is InChI=1S/C13H8FN3O/c1-16-12-5-9-3-2-8(6-15)4-11(9)17(12)7-10(14)13(16)18/h2-5,7H,1H3. The molecule has 5 heteroatoms. The van der Waals surface area contributed by atoms with Crippen molar-refractivity contribution >= 4 is 16.6 Å². The number of hydrogen-bond donors (Lipinski definition) is 0. The molecule has 0 atom stereocenters. The highest BCUT2D eigenvalue weighted by molar-refractivity contribution is 5.87. The number of hydrogen-bond acceptors (Lipinski definition) is 2. The van der Waals surface area contributed by atoms with E-state index in [2.05, 4.69) is 0 Å². The van der Waals surface area contributed by atoms with Crippen molar-refractivity contribution in [2.45, 2.75) is 0 Å². The highest BCUT2D eigenvalue weighted by atomic mass is 19.1. The van der Waals surface area contributed by atoms with E-state index in [1.807, 2.05) is 6.07 Å². The van der Waals surface area contributed by atoms with Crippen LogP contribution in [0.25, 0.3) is 16.6 Å². The largest absolute Gasteiger partial charge is 0.299 e. The van der Waals surface area contributed by atoms with E-state index in [0.29, 0.717) is 16.7 Å². The number of benzene rings is 1. The van der Waals surface area contributed by atoms with Crippen LogP contribution in [0, 0.1) is 17.1 Å². The lowest BCUT2D eigenvalue weighted by Gasteiger charge is -2.02. The number of halogens is 1. The molecule has 2 heterocycles. The monoisotopic (exact) mass is 241 g/mol. The Morgan fingerprint density at radius 2 is 2.11 bits per heavy atom. The van der Waals surface area contributed by atoms with Gasteiger partial charge in [-0.15, -0.1) is 0 Å². The number of rotatable bonds is 0. The predicted molar refractivity (Wildman–Crippen MR) is 64.8 cm³/mol. The van der Waals surface area contributed by atoms with E-state index in [9.17, 15) is 9.18 Å². The van der Waals surface area contributed by atoms with Crippen molar-refractivity contribution in [3.8, 4) is 6.07 Å². The van der Waals surface area contributed by atoms with Gasteiger partial charge < -0.3 is 0 Å². The molecule has 0 spiro atoms. The van der Waals surface area contributed by atoms with Gasteiger partial charge in [-0.1, -0.05) is 6.07 Å². The molecule has 0 saturated heterocycles. The molecule has 1 aromatic carbocycles. The normalized spacial score (nSPS) is 10.9. The van der Waals surface area contributed by atoms with Gasteiger partial charge in [0, 0.05) is 12.4 Å². The van der Waals surface area contributed by atoms with E-state index in [0.717, 1.165) is 11.6 Å². The molecule has 0 radical (unpaired) electrons. The summed E-state index contributed by atoms with van der Waals surface area (Å²) in [5.41, 5.74) is 1.13. The smallest absolute Gasteiger partial charge is 0.289 e. The van der Waals surface area contributed by atoms with Crippen LogP contribution in [0.15, 0.2) is 35.3 Å². The summed E-state index contributed by atoms with van der Waals surface area (Å²) in [6.07, 6.45) is 1.15. The number of nitrogens with zero attached hydrogens (tertiary/aromatic N) is 3. The van der Waals surface area contributed by atoms with Crippen molar-refractivity contribution in [2.24, 2.45) is 7.05 Å². The first-order chi connectivity index (χ1) is 8.61. The maximum Gasteiger partial charge on any atom is 0.289 e. The highest BCUT2D eigenvalue weighted by Gasteiger charge is 2.10. The molecule has 0 aliphatic carbocycles. The molecule has 0 fully saturated rings. The molecule has 0 aliphatic rings. The number of aromatic nitrogens is 2. The number of nitriles is 1. The summed E-state index contributed by atoms with van der Waals surface area (Å²) in [7, 11) is 1.52. The van der Waals surface area contributed by atoms with Gasteiger partial charge in [0.1, 0.15) is 5.65 Å². The van der Waals surface area contributed by atoms with Gasteiger partial charge in [0.2, 0.25) is 5.82 Å². The van der Waals surface area contributed by atoms with E-state index in [1.54, 1.807) is 28.7 Å². The fourth-order valence-electron chi connectivity index (χ4n) is 2.10. The van der Waals surface area contributed by atoms with Gasteiger partial charge in [-0.05, 0) is 18.2 Å². The summed E-state index contributed by atoms with van der Waals surface area (Å²) in [4.78, 5) is 11.5. The summed E-state index contributed by atoms with van der Waals surface area (Å²) in [5, 5.41) is 9.73. The lowest BCUT2D eigenvalue weighted by Crippen LogP contribution is -2.21. The van der Waals surface area contributed by atoms with E-state index in [4.69, 9.17) is 5.26 Å². The molecule has 0 unspecified atom stereocenters. The predicted octanol–water partition coefficient (Wildman–Crippen LogP) is 1.80. The summed E-state index contributed by atoms with van der Waals surface area (Å²) < 4.78 is 16.3. The van der Waals surface area contributed by atoms with Gasteiger partial charge in [0.15, 0.2) is 0 Å². The Balaban J connectivity index is 2.58. The summed E-state index contributed by atoms with van der Waals surface area (Å²) in [6, 6.07) is 8.97. The van der Waals surface area contributed by atoms with Gasteiger partial charge in [-0.3, -0.25) is 13.8 Å². The minimum atomic E-state index is -0.815. The van der Waals surface area contributed by atoms with Crippen LogP contribution in [0.5, 0.6) is 0 Å². The van der Waals surface area contributed by atoms with E-state index < -0.39 is 11.4 Å². The Bertz CT molecular complexity index is 883. The molecule has 0 N–H and O–H groups in total. The Morgan fingerprint density at radius 1 is 1.33 bits per heavy atom. The molecule has 0 aliphatic heterocycles. The van der Waals surface area contributed by atoms with Crippen LogP contribution < -0.4 is 5.56 Å². The summed E-state index contributed by atoms with van der Waals surface area (Å²) in [5.74, 6) is -0.815. The number of fused-ring (bicyclic) bond motifs is 3. The molecule has 0 amide bonds. The fourth-order valence-corrected chi connectivity index (χ4v) is 2.10. The average molecular weight is 241 g/mol. The van der Waals surface area contributed by atoms with E-state index in [1.165, 1.54) is 11.6 Å². The van der Waals surface area contributed by atoms with Crippen molar-refractivity contribution < 1.29 is 4.39 Å². The lowest BCUT2D eigenvalue weighted by atomic mass is 10.2. The van der Waals surface area contributed by atoms with E-state index in [-0.39, 0.29) is 0 Å². The zero-order valence-electron chi connectivity index (χ0n) is 9.51. The lowest BCUT2D eigenvalue weighted by molar-refractivity contribution is 0.583. The molecule has 2 aromatic heterocycles. The fraction of sp³-hybridized carbons (Fsp3) is 0.0769. The molecule has 0 saturated carbocycles. The van der Waals surface area contributed by atoms with Gasteiger partial charge in [0.05, 0.1) is 23.3 Å². The quantitative estimate of drug-likeness (QED) is 0.602. The van der Waals surface area contributed by atoms with Gasteiger partial charge in [-0.25, -0.2) is 0 Å². The maximum absolute atomic E-state index is 13.5. The molecule has 3 aromatic rings. The van der Waals surface area contributed by atoms with Crippen LogP contribution >= 0.6 is 0 Å². The minimum absolute atomic E-state index is 0.497. The van der Waals surface area contributed by atoms with Crippen molar-refractivity contribution in [1.29, 1.82) is 5.26 Å². The van der Waals surface area contributed by atoms with Crippen molar-refractivity contribution in [1.82, 2.24) is 8.97 Å². The number of aryl methyl sites for hydroxylation is 1. The van der Waals surface area contributed by atoms with Crippen LogP contribution in [0.2, 0.25) is 0 Å². The Hall–Kier alpha value is -2.61. The van der Waals surface area contributed by atoms with Crippen LogP contribution in [0.1, 0.15) is 5.56 Å². The molecule has 3 rings (SSSR count). The molecule has 0 bridgehead atoms. The second-order valence-electron chi connectivity index (χ2n) is 4.10. The van der Waals surface area contributed by atoms with Crippen LogP contribution in [0.4, 0.5) is 4.39 Å². The first-order valence-electron chi connectivity index (χ1n) is 5.32. The zero-order valence-corrected chi connectivity index (χ0v) is 9.51. The SMILES string of the molecule is Cn1c(=O)c(F)cn2c3cc(C#N)ccc3cc12. The Labute approximate surface area is 101 Å². The topological polar surface area (TPSA) is 50.2 Å². The Kier molecular flexibility index (Phi) is 2.01. The summed E-state index contributed by atoms with van der Waals surface area (Å²) in [6.45, 7) is 0. The Morgan fingerprint density at radius 3 is 2.83 bits per heavy atom. The van der Waals surface area contributed by atoms with Crippen LogP contribution in [-0.2, 0) is 7.05 Å². The van der Waals surface area contributed by atoms with Gasteiger partial charge in [-0.2, -0.15) is 9.65 Å². The maximum atomic E-state index is 13.5.